The third-order valence-electron chi connectivity index (χ3n) is 6.62. The molecule has 0 unspecified atom stereocenters. The van der Waals surface area contributed by atoms with Crippen LogP contribution in [0.4, 0.5) is 26.1 Å². The van der Waals surface area contributed by atoms with Crippen LogP contribution in [0.5, 0.6) is 5.75 Å². The number of piperazine rings is 1. The van der Waals surface area contributed by atoms with E-state index in [1.54, 1.807) is 0 Å². The number of ether oxygens (including phenoxy) is 2. The van der Waals surface area contributed by atoms with Gasteiger partial charge in [0.1, 0.15) is 17.7 Å². The number of hydrogen-bond acceptors (Lipinski definition) is 8. The molecule has 0 amide bonds. The molecule has 2 aromatic heterocycles. The lowest BCUT2D eigenvalue weighted by atomic mass is 10.1. The smallest absolute Gasteiger partial charge is 0.202 e. The first-order valence-electron chi connectivity index (χ1n) is 11.2. The molecule has 0 radical (unpaired) electrons. The standard InChI is InChI=1S/C23H24F2N6O2/c24-20-16(1-3-18(21(20)25)33-11-13-5-6-32-10-13)29-23-22-17(27-12-28-23)2-4-19(30-22)31-9-14-7-15(31)8-26-14/h1-4,12-15,26H,5-11H2,(H,27,28,29)/t13-,14-,15-/m0/s1. The molecule has 33 heavy (non-hydrogen) atoms. The molecule has 1 aromatic carbocycles. The molecule has 3 fully saturated rings. The summed E-state index contributed by atoms with van der Waals surface area (Å²) in [5.41, 5.74) is 1.09. The monoisotopic (exact) mass is 454 g/mol. The molecule has 3 aromatic rings. The summed E-state index contributed by atoms with van der Waals surface area (Å²) in [5.74, 6) is -0.831. The van der Waals surface area contributed by atoms with Gasteiger partial charge in [0.2, 0.25) is 5.82 Å². The molecular weight excluding hydrogens is 430 g/mol. The summed E-state index contributed by atoms with van der Waals surface area (Å²) in [6, 6.07) is 7.59. The van der Waals surface area contributed by atoms with E-state index in [0.717, 1.165) is 31.7 Å². The van der Waals surface area contributed by atoms with Crippen molar-refractivity contribution in [2.45, 2.75) is 24.9 Å². The fourth-order valence-electron chi connectivity index (χ4n) is 4.81. The first-order valence-corrected chi connectivity index (χ1v) is 11.2. The van der Waals surface area contributed by atoms with Crippen molar-refractivity contribution in [3.05, 3.63) is 42.2 Å². The molecule has 8 nitrogen and oxygen atoms in total. The summed E-state index contributed by atoms with van der Waals surface area (Å²) in [7, 11) is 0. The molecule has 2 bridgehead atoms. The van der Waals surface area contributed by atoms with Gasteiger partial charge in [0, 0.05) is 37.7 Å². The number of benzene rings is 1. The van der Waals surface area contributed by atoms with Gasteiger partial charge in [0.15, 0.2) is 17.4 Å². The Labute approximate surface area is 189 Å². The van der Waals surface area contributed by atoms with E-state index in [2.05, 4.69) is 25.5 Å². The third kappa shape index (κ3) is 3.83. The van der Waals surface area contributed by atoms with Gasteiger partial charge < -0.3 is 25.0 Å². The van der Waals surface area contributed by atoms with E-state index in [-0.39, 0.29) is 17.4 Å². The number of aromatic nitrogens is 3. The molecule has 2 N–H and O–H groups in total. The molecule has 5 heterocycles. The number of rotatable bonds is 6. The van der Waals surface area contributed by atoms with E-state index in [1.165, 1.54) is 18.5 Å². The molecule has 3 saturated heterocycles. The summed E-state index contributed by atoms with van der Waals surface area (Å²) < 4.78 is 40.3. The van der Waals surface area contributed by atoms with Crippen molar-refractivity contribution < 1.29 is 18.3 Å². The maximum atomic E-state index is 14.9. The first-order chi connectivity index (χ1) is 16.2. The number of nitrogens with zero attached hydrogens (tertiary/aromatic N) is 4. The van der Waals surface area contributed by atoms with Gasteiger partial charge in [-0.25, -0.2) is 19.3 Å². The van der Waals surface area contributed by atoms with Crippen LogP contribution in [0.15, 0.2) is 30.6 Å². The summed E-state index contributed by atoms with van der Waals surface area (Å²) in [4.78, 5) is 15.6. The van der Waals surface area contributed by atoms with E-state index in [1.807, 2.05) is 12.1 Å². The fraction of sp³-hybridized carbons (Fsp3) is 0.435. The normalized spacial score (nSPS) is 24.1. The van der Waals surface area contributed by atoms with Gasteiger partial charge in [-0.3, -0.25) is 0 Å². The van der Waals surface area contributed by atoms with Crippen molar-refractivity contribution in [2.75, 3.05) is 43.1 Å². The predicted octanol–water partition coefficient (Wildman–Crippen LogP) is 3.01. The summed E-state index contributed by atoms with van der Waals surface area (Å²) in [6.45, 7) is 3.38. The van der Waals surface area contributed by atoms with Crippen molar-refractivity contribution in [2.24, 2.45) is 5.92 Å². The van der Waals surface area contributed by atoms with E-state index < -0.39 is 11.6 Å². The van der Waals surface area contributed by atoms with Crippen LogP contribution < -0.4 is 20.3 Å². The summed E-state index contributed by atoms with van der Waals surface area (Å²) in [5, 5.41) is 6.37. The van der Waals surface area contributed by atoms with E-state index in [0.29, 0.717) is 48.8 Å². The zero-order valence-electron chi connectivity index (χ0n) is 17.9. The molecule has 3 atom stereocenters. The highest BCUT2D eigenvalue weighted by atomic mass is 19.2. The average Bonchev–Trinajstić information content (AvgIpc) is 3.60. The largest absolute Gasteiger partial charge is 0.490 e. The highest BCUT2D eigenvalue weighted by Gasteiger charge is 2.38. The van der Waals surface area contributed by atoms with Crippen molar-refractivity contribution in [3.63, 3.8) is 0 Å². The average molecular weight is 454 g/mol. The lowest BCUT2D eigenvalue weighted by molar-refractivity contribution is 0.165. The zero-order valence-corrected chi connectivity index (χ0v) is 17.9. The van der Waals surface area contributed by atoms with Gasteiger partial charge in [0.05, 0.1) is 24.4 Å². The van der Waals surface area contributed by atoms with Gasteiger partial charge in [-0.15, -0.1) is 0 Å². The Bertz CT molecular complexity index is 1190. The second-order valence-electron chi connectivity index (χ2n) is 8.81. The van der Waals surface area contributed by atoms with Gasteiger partial charge in [-0.05, 0) is 37.1 Å². The SMILES string of the molecule is Fc1c(Nc2ncnc3ccc(N4C[C@@H]5C[C@H]4CN5)nc23)ccc(OC[C@H]2CCOC2)c1F. The minimum absolute atomic E-state index is 0.0410. The predicted molar refractivity (Wildman–Crippen MR) is 119 cm³/mol. The zero-order chi connectivity index (χ0) is 22.4. The van der Waals surface area contributed by atoms with Crippen molar-refractivity contribution in [3.8, 4) is 5.75 Å². The lowest BCUT2D eigenvalue weighted by Crippen LogP contribution is -2.44. The van der Waals surface area contributed by atoms with Crippen LogP contribution >= 0.6 is 0 Å². The van der Waals surface area contributed by atoms with Crippen molar-refractivity contribution in [1.82, 2.24) is 20.3 Å². The first kappa shape index (κ1) is 20.5. The second kappa shape index (κ2) is 8.35. The molecule has 0 spiro atoms. The van der Waals surface area contributed by atoms with Crippen LogP contribution in [0.1, 0.15) is 12.8 Å². The van der Waals surface area contributed by atoms with Crippen molar-refractivity contribution >= 4 is 28.4 Å². The number of anilines is 3. The number of pyridine rings is 1. The van der Waals surface area contributed by atoms with Crippen molar-refractivity contribution in [1.29, 1.82) is 0 Å². The van der Waals surface area contributed by atoms with Crippen LogP contribution in [0, 0.1) is 17.6 Å². The molecule has 172 valence electrons. The van der Waals surface area contributed by atoms with Crippen LogP contribution in [0.25, 0.3) is 11.0 Å². The van der Waals surface area contributed by atoms with Gasteiger partial charge in [-0.2, -0.15) is 4.39 Å². The van der Waals surface area contributed by atoms with Crippen LogP contribution in [0.3, 0.4) is 0 Å². The van der Waals surface area contributed by atoms with E-state index in [9.17, 15) is 8.78 Å². The summed E-state index contributed by atoms with van der Waals surface area (Å²) >= 11 is 0. The Hall–Kier alpha value is -3.11. The highest BCUT2D eigenvalue weighted by Crippen LogP contribution is 2.32. The second-order valence-corrected chi connectivity index (χ2v) is 8.81. The Morgan fingerprint density at radius 2 is 2.12 bits per heavy atom. The van der Waals surface area contributed by atoms with Gasteiger partial charge in [-0.1, -0.05) is 0 Å². The molecule has 3 aliphatic heterocycles. The third-order valence-corrected chi connectivity index (χ3v) is 6.62. The van der Waals surface area contributed by atoms with Gasteiger partial charge >= 0.3 is 0 Å². The lowest BCUT2D eigenvalue weighted by Gasteiger charge is -2.28. The minimum Gasteiger partial charge on any atom is -0.490 e. The Morgan fingerprint density at radius 3 is 2.91 bits per heavy atom. The van der Waals surface area contributed by atoms with Crippen LogP contribution in [0.2, 0.25) is 0 Å². The van der Waals surface area contributed by atoms with Crippen LogP contribution in [-0.4, -0.2) is 59.9 Å². The maximum absolute atomic E-state index is 14.9. The van der Waals surface area contributed by atoms with E-state index >= 15 is 0 Å². The molecule has 0 saturated carbocycles. The maximum Gasteiger partial charge on any atom is 0.202 e. The quantitative estimate of drug-likeness (QED) is 0.588. The topological polar surface area (TPSA) is 84.4 Å². The fourth-order valence-corrected chi connectivity index (χ4v) is 4.81. The molecule has 3 aliphatic rings. The van der Waals surface area contributed by atoms with E-state index in [4.69, 9.17) is 14.5 Å². The number of fused-ring (bicyclic) bond motifs is 3. The van der Waals surface area contributed by atoms with Gasteiger partial charge in [0.25, 0.3) is 0 Å². The Balaban J connectivity index is 1.26. The molecular formula is C23H24F2N6O2. The molecule has 10 heteroatoms. The Kier molecular flexibility index (Phi) is 5.18. The highest BCUT2D eigenvalue weighted by molar-refractivity contribution is 5.88. The Morgan fingerprint density at radius 1 is 1.18 bits per heavy atom. The van der Waals surface area contributed by atoms with Crippen LogP contribution in [-0.2, 0) is 4.74 Å². The molecule has 6 rings (SSSR count). The number of nitrogens with one attached hydrogen (secondary N) is 2. The number of hydrogen-bond donors (Lipinski definition) is 2. The summed E-state index contributed by atoms with van der Waals surface area (Å²) in [6.07, 6.45) is 3.33. The number of halogens is 2. The molecule has 0 aliphatic carbocycles. The minimum atomic E-state index is -1.04.